The lowest BCUT2D eigenvalue weighted by Gasteiger charge is -1.99. The maximum absolute atomic E-state index is 11.5. The third-order valence-electron chi connectivity index (χ3n) is 2.68. The topological polar surface area (TPSA) is 109 Å². The van der Waals surface area contributed by atoms with Crippen LogP contribution in [0.5, 0.6) is 0 Å². The Balaban J connectivity index is 2.09. The predicted molar refractivity (Wildman–Crippen MR) is 70.2 cm³/mol. The third-order valence-corrected chi connectivity index (χ3v) is 2.68. The van der Waals surface area contributed by atoms with Crippen LogP contribution in [0.3, 0.4) is 0 Å². The number of hydrogen-bond acceptors (Lipinski definition) is 7. The van der Waals surface area contributed by atoms with Crippen molar-refractivity contribution in [3.05, 3.63) is 36.2 Å². The third kappa shape index (κ3) is 1.92. The van der Waals surface area contributed by atoms with Gasteiger partial charge in [0.2, 0.25) is 0 Å². The zero-order valence-electron chi connectivity index (χ0n) is 10.5. The lowest BCUT2D eigenvalue weighted by Crippen LogP contribution is -2.07. The minimum absolute atomic E-state index is 0.0178. The fourth-order valence-corrected chi connectivity index (χ4v) is 1.71. The molecule has 0 aliphatic carbocycles. The summed E-state index contributed by atoms with van der Waals surface area (Å²) >= 11 is 0. The highest BCUT2D eigenvalue weighted by molar-refractivity contribution is 5.92. The Kier molecular flexibility index (Phi) is 2.75. The first-order valence-corrected chi connectivity index (χ1v) is 5.72. The molecular formula is C12H10N6O2. The van der Waals surface area contributed by atoms with Gasteiger partial charge >= 0.3 is 5.97 Å². The van der Waals surface area contributed by atoms with Gasteiger partial charge in [0.25, 0.3) is 5.95 Å². The summed E-state index contributed by atoms with van der Waals surface area (Å²) in [5.74, 6) is -0.388. The number of hydrogen-bond donors (Lipinski definition) is 1. The van der Waals surface area contributed by atoms with Gasteiger partial charge in [-0.1, -0.05) is 12.1 Å². The summed E-state index contributed by atoms with van der Waals surface area (Å²) in [6.45, 7) is 0. The van der Waals surface area contributed by atoms with E-state index in [0.29, 0.717) is 11.0 Å². The smallest absolute Gasteiger partial charge is 0.360 e. The van der Waals surface area contributed by atoms with Crippen LogP contribution in [0.2, 0.25) is 0 Å². The molecule has 0 unspecified atom stereocenters. The monoisotopic (exact) mass is 270 g/mol. The highest BCUT2D eigenvalue weighted by Gasteiger charge is 2.17. The Morgan fingerprint density at radius 1 is 1.25 bits per heavy atom. The van der Waals surface area contributed by atoms with Crippen molar-refractivity contribution >= 4 is 22.7 Å². The molecule has 20 heavy (non-hydrogen) atoms. The van der Waals surface area contributed by atoms with Gasteiger partial charge in [-0.05, 0) is 12.1 Å². The van der Waals surface area contributed by atoms with E-state index in [9.17, 15) is 4.79 Å². The van der Waals surface area contributed by atoms with Crippen molar-refractivity contribution in [1.29, 1.82) is 0 Å². The number of anilines is 1. The molecule has 2 N–H and O–H groups in total. The number of rotatable bonds is 2. The van der Waals surface area contributed by atoms with Crippen LogP contribution >= 0.6 is 0 Å². The first kappa shape index (κ1) is 12.0. The van der Waals surface area contributed by atoms with Gasteiger partial charge in [-0.2, -0.15) is 5.10 Å². The van der Waals surface area contributed by atoms with Crippen molar-refractivity contribution < 1.29 is 9.53 Å². The zero-order valence-corrected chi connectivity index (χ0v) is 10.5. The van der Waals surface area contributed by atoms with Crippen molar-refractivity contribution in [1.82, 2.24) is 25.0 Å². The van der Waals surface area contributed by atoms with Crippen LogP contribution in [0.4, 0.5) is 5.69 Å². The maximum Gasteiger partial charge on any atom is 0.360 e. The van der Waals surface area contributed by atoms with Crippen LogP contribution in [0.1, 0.15) is 10.5 Å². The molecule has 0 aliphatic heterocycles. The summed E-state index contributed by atoms with van der Waals surface area (Å²) < 4.78 is 5.88. The predicted octanol–water partition coefficient (Wildman–Crippen LogP) is 0.579. The van der Waals surface area contributed by atoms with Gasteiger partial charge in [0.1, 0.15) is 5.52 Å². The van der Waals surface area contributed by atoms with E-state index in [1.54, 1.807) is 6.07 Å². The molecular weight excluding hydrogens is 260 g/mol. The largest absolute Gasteiger partial charge is 0.464 e. The normalized spacial score (nSPS) is 10.7. The number of nitrogen functional groups attached to an aromatic ring is 1. The molecule has 1 aromatic carbocycles. The van der Waals surface area contributed by atoms with E-state index in [2.05, 4.69) is 25.0 Å². The van der Waals surface area contributed by atoms with Crippen molar-refractivity contribution in [2.75, 3.05) is 12.8 Å². The van der Waals surface area contributed by atoms with Crippen molar-refractivity contribution in [3.8, 4) is 5.95 Å². The van der Waals surface area contributed by atoms with Gasteiger partial charge in [0, 0.05) is 0 Å². The second-order valence-corrected chi connectivity index (χ2v) is 3.97. The van der Waals surface area contributed by atoms with Crippen LogP contribution < -0.4 is 5.73 Å². The fraction of sp³-hybridized carbons (Fsp3) is 0.0833. The average molecular weight is 270 g/mol. The first-order valence-electron chi connectivity index (χ1n) is 5.72. The zero-order chi connectivity index (χ0) is 14.1. The number of benzene rings is 1. The van der Waals surface area contributed by atoms with E-state index in [0.717, 1.165) is 0 Å². The minimum Gasteiger partial charge on any atom is -0.464 e. The molecule has 0 amide bonds. The number of esters is 1. The molecule has 0 saturated heterocycles. The summed E-state index contributed by atoms with van der Waals surface area (Å²) in [6.07, 6.45) is 1.44. The summed E-state index contributed by atoms with van der Waals surface area (Å²) in [5, 5.41) is 12.0. The number of methoxy groups -OCH3 is 1. The standard InChI is InChI=1S/C12H10N6O2/c1-20-11(19)10-7(13)6-18(17-10)12-14-8-4-2-3-5-9(8)15-16-12/h2-6H,13H2,1H3. The molecule has 2 heterocycles. The summed E-state index contributed by atoms with van der Waals surface area (Å²) in [7, 11) is 1.26. The Labute approximate surface area is 113 Å². The quantitative estimate of drug-likeness (QED) is 0.678. The highest BCUT2D eigenvalue weighted by Crippen LogP contribution is 2.14. The molecule has 8 heteroatoms. The molecule has 0 saturated carbocycles. The number of carbonyl (C=O) groups is 1. The Bertz CT molecular complexity index is 797. The van der Waals surface area contributed by atoms with Gasteiger partial charge in [-0.3, -0.25) is 0 Å². The Hall–Kier alpha value is -3.03. The molecule has 0 aliphatic rings. The van der Waals surface area contributed by atoms with Gasteiger partial charge in [-0.25, -0.2) is 14.5 Å². The molecule has 0 atom stereocenters. The molecule has 3 aromatic rings. The SMILES string of the molecule is COC(=O)c1nn(-c2nnc3ccccc3n2)cc1N. The van der Waals surface area contributed by atoms with Crippen LogP contribution in [0.25, 0.3) is 17.0 Å². The number of nitrogens with zero attached hydrogens (tertiary/aromatic N) is 5. The van der Waals surface area contributed by atoms with E-state index in [1.807, 2.05) is 18.2 Å². The average Bonchev–Trinajstić information content (AvgIpc) is 2.88. The molecule has 100 valence electrons. The van der Waals surface area contributed by atoms with E-state index in [-0.39, 0.29) is 17.3 Å². The van der Waals surface area contributed by atoms with Gasteiger partial charge < -0.3 is 10.5 Å². The van der Waals surface area contributed by atoms with Crippen molar-refractivity contribution in [3.63, 3.8) is 0 Å². The van der Waals surface area contributed by atoms with Crippen molar-refractivity contribution in [2.24, 2.45) is 0 Å². The summed E-state index contributed by atoms with van der Waals surface area (Å²) in [4.78, 5) is 15.8. The number of carbonyl (C=O) groups excluding carboxylic acids is 1. The molecule has 2 aromatic heterocycles. The number of para-hydroxylation sites is 1. The van der Waals surface area contributed by atoms with E-state index in [4.69, 9.17) is 5.73 Å². The molecule has 0 spiro atoms. The highest BCUT2D eigenvalue weighted by atomic mass is 16.5. The van der Waals surface area contributed by atoms with Crippen LogP contribution in [0, 0.1) is 0 Å². The molecule has 0 radical (unpaired) electrons. The lowest BCUT2D eigenvalue weighted by molar-refractivity contribution is 0.0594. The molecule has 0 bridgehead atoms. The fourth-order valence-electron chi connectivity index (χ4n) is 1.71. The second-order valence-electron chi connectivity index (χ2n) is 3.97. The van der Waals surface area contributed by atoms with Crippen LogP contribution in [-0.2, 0) is 4.74 Å². The number of aromatic nitrogens is 5. The Morgan fingerprint density at radius 3 is 2.75 bits per heavy atom. The number of fused-ring (bicyclic) bond motifs is 1. The molecule has 0 fully saturated rings. The van der Waals surface area contributed by atoms with E-state index >= 15 is 0 Å². The maximum atomic E-state index is 11.5. The number of ether oxygens (including phenoxy) is 1. The molecule has 3 rings (SSSR count). The first-order chi connectivity index (χ1) is 9.69. The summed E-state index contributed by atoms with van der Waals surface area (Å²) in [5.41, 5.74) is 7.26. The van der Waals surface area contributed by atoms with E-state index in [1.165, 1.54) is 18.0 Å². The van der Waals surface area contributed by atoms with Gasteiger partial charge in [0.05, 0.1) is 24.5 Å². The summed E-state index contributed by atoms with van der Waals surface area (Å²) in [6, 6.07) is 7.30. The van der Waals surface area contributed by atoms with Crippen molar-refractivity contribution in [2.45, 2.75) is 0 Å². The van der Waals surface area contributed by atoms with Crippen LogP contribution in [-0.4, -0.2) is 38.0 Å². The molecule has 8 nitrogen and oxygen atoms in total. The van der Waals surface area contributed by atoms with Gasteiger partial charge in [0.15, 0.2) is 5.69 Å². The van der Waals surface area contributed by atoms with Crippen LogP contribution in [0.15, 0.2) is 30.5 Å². The van der Waals surface area contributed by atoms with E-state index < -0.39 is 5.97 Å². The Morgan fingerprint density at radius 2 is 2.00 bits per heavy atom. The van der Waals surface area contributed by atoms with Gasteiger partial charge in [-0.15, -0.1) is 10.2 Å². The second kappa shape index (κ2) is 4.57. The lowest BCUT2D eigenvalue weighted by atomic mass is 10.3. The number of nitrogens with two attached hydrogens (primary N) is 1. The minimum atomic E-state index is -0.616.